The molecular formula is C17H27ClN2O. The molecule has 1 aromatic carbocycles. The summed E-state index contributed by atoms with van der Waals surface area (Å²) >= 11 is 6.05. The first-order chi connectivity index (χ1) is 9.94. The molecule has 0 aliphatic carbocycles. The number of piperidine rings is 1. The normalized spacial score (nSPS) is 25.2. The third-order valence-corrected chi connectivity index (χ3v) is 4.52. The number of likely N-dealkylation sites (tertiary alicyclic amines) is 1. The van der Waals surface area contributed by atoms with Crippen LogP contribution in [0.25, 0.3) is 0 Å². The lowest BCUT2D eigenvalue weighted by Gasteiger charge is -2.37. The first kappa shape index (κ1) is 16.8. The number of rotatable bonds is 5. The van der Waals surface area contributed by atoms with E-state index >= 15 is 0 Å². The zero-order chi connectivity index (χ0) is 15.4. The fraction of sp³-hybridized carbons (Fsp3) is 0.647. The zero-order valence-electron chi connectivity index (χ0n) is 13.0. The summed E-state index contributed by atoms with van der Waals surface area (Å²) in [7, 11) is 0. The molecule has 1 aliphatic heterocycles. The van der Waals surface area contributed by atoms with E-state index in [2.05, 4.69) is 24.8 Å². The van der Waals surface area contributed by atoms with E-state index in [9.17, 15) is 5.11 Å². The van der Waals surface area contributed by atoms with Crippen LogP contribution in [0.4, 0.5) is 0 Å². The van der Waals surface area contributed by atoms with Gasteiger partial charge in [0.25, 0.3) is 0 Å². The van der Waals surface area contributed by atoms with Crippen LogP contribution in [0.2, 0.25) is 5.02 Å². The highest BCUT2D eigenvalue weighted by atomic mass is 35.5. The molecule has 1 saturated heterocycles. The van der Waals surface area contributed by atoms with Crippen molar-refractivity contribution in [3.8, 4) is 0 Å². The SMILES string of the molecule is CC(C)C(O)CC1CC(N)CN(Cc2cccc(Cl)c2)C1. The number of hydrogen-bond acceptors (Lipinski definition) is 3. The largest absolute Gasteiger partial charge is 0.393 e. The van der Waals surface area contributed by atoms with Gasteiger partial charge in [-0.1, -0.05) is 37.6 Å². The van der Waals surface area contributed by atoms with Gasteiger partial charge < -0.3 is 10.8 Å². The van der Waals surface area contributed by atoms with Gasteiger partial charge in [-0.25, -0.2) is 0 Å². The second kappa shape index (κ2) is 7.59. The first-order valence-electron chi connectivity index (χ1n) is 7.84. The summed E-state index contributed by atoms with van der Waals surface area (Å²) in [5, 5.41) is 10.9. The molecule has 1 aliphatic rings. The quantitative estimate of drug-likeness (QED) is 0.879. The number of aliphatic hydroxyl groups is 1. The molecule has 0 radical (unpaired) electrons. The Kier molecular flexibility index (Phi) is 6.06. The van der Waals surface area contributed by atoms with E-state index in [-0.39, 0.29) is 12.1 Å². The minimum atomic E-state index is -0.228. The molecule has 21 heavy (non-hydrogen) atoms. The Morgan fingerprint density at radius 2 is 2.14 bits per heavy atom. The summed E-state index contributed by atoms with van der Waals surface area (Å²) in [6.45, 7) is 6.93. The predicted octanol–water partition coefficient (Wildman–Crippen LogP) is 2.90. The maximum Gasteiger partial charge on any atom is 0.0566 e. The number of benzene rings is 1. The van der Waals surface area contributed by atoms with Crippen molar-refractivity contribution in [2.45, 2.75) is 45.4 Å². The van der Waals surface area contributed by atoms with E-state index in [1.165, 1.54) is 5.56 Å². The second-order valence-electron chi connectivity index (χ2n) is 6.73. The third-order valence-electron chi connectivity index (χ3n) is 4.28. The monoisotopic (exact) mass is 310 g/mol. The standard InChI is InChI=1S/C17H27ClN2O/c1-12(2)17(21)8-14-7-16(19)11-20(10-14)9-13-4-3-5-15(18)6-13/h3-6,12,14,16-17,21H,7-11,19H2,1-2H3. The fourth-order valence-electron chi connectivity index (χ4n) is 3.16. The summed E-state index contributed by atoms with van der Waals surface area (Å²) < 4.78 is 0. The molecule has 0 bridgehead atoms. The Bertz CT molecular complexity index is 452. The Morgan fingerprint density at radius 1 is 1.38 bits per heavy atom. The average molecular weight is 311 g/mol. The second-order valence-corrected chi connectivity index (χ2v) is 7.17. The number of halogens is 1. The van der Waals surface area contributed by atoms with Crippen LogP contribution < -0.4 is 5.73 Å². The van der Waals surface area contributed by atoms with Crippen LogP contribution >= 0.6 is 11.6 Å². The molecular weight excluding hydrogens is 284 g/mol. The maximum absolute atomic E-state index is 10.1. The molecule has 0 spiro atoms. The van der Waals surface area contributed by atoms with Gasteiger partial charge in [-0.05, 0) is 42.4 Å². The van der Waals surface area contributed by atoms with Gasteiger partial charge in [-0.3, -0.25) is 4.90 Å². The molecule has 3 nitrogen and oxygen atoms in total. The number of nitrogens with zero attached hydrogens (tertiary/aromatic N) is 1. The highest BCUT2D eigenvalue weighted by Crippen LogP contribution is 2.24. The molecule has 0 amide bonds. The van der Waals surface area contributed by atoms with E-state index < -0.39 is 0 Å². The predicted molar refractivity (Wildman–Crippen MR) is 88.3 cm³/mol. The van der Waals surface area contributed by atoms with Crippen LogP contribution in [-0.4, -0.2) is 35.2 Å². The van der Waals surface area contributed by atoms with Gasteiger partial charge in [0.15, 0.2) is 0 Å². The topological polar surface area (TPSA) is 49.5 Å². The Hall–Kier alpha value is -0.610. The van der Waals surface area contributed by atoms with E-state index in [1.807, 2.05) is 18.2 Å². The number of aliphatic hydroxyl groups excluding tert-OH is 1. The van der Waals surface area contributed by atoms with Crippen molar-refractivity contribution in [1.29, 1.82) is 0 Å². The summed E-state index contributed by atoms with van der Waals surface area (Å²) in [4.78, 5) is 2.39. The van der Waals surface area contributed by atoms with Crippen molar-refractivity contribution in [2.75, 3.05) is 13.1 Å². The summed E-state index contributed by atoms with van der Waals surface area (Å²) in [6.07, 6.45) is 1.63. The highest BCUT2D eigenvalue weighted by molar-refractivity contribution is 6.30. The molecule has 3 N–H and O–H groups in total. The summed E-state index contributed by atoms with van der Waals surface area (Å²) in [5.74, 6) is 0.787. The van der Waals surface area contributed by atoms with Gasteiger partial charge in [0.2, 0.25) is 0 Å². The summed E-state index contributed by atoms with van der Waals surface area (Å²) in [6, 6.07) is 8.20. The van der Waals surface area contributed by atoms with Gasteiger partial charge >= 0.3 is 0 Å². The molecule has 4 heteroatoms. The molecule has 3 atom stereocenters. The van der Waals surface area contributed by atoms with Crippen LogP contribution in [0.15, 0.2) is 24.3 Å². The van der Waals surface area contributed by atoms with Crippen LogP contribution in [0.1, 0.15) is 32.3 Å². The third kappa shape index (κ3) is 5.26. The smallest absolute Gasteiger partial charge is 0.0566 e. The molecule has 0 saturated carbocycles. The number of nitrogens with two attached hydrogens (primary N) is 1. The highest BCUT2D eigenvalue weighted by Gasteiger charge is 2.27. The van der Waals surface area contributed by atoms with Crippen molar-refractivity contribution in [2.24, 2.45) is 17.6 Å². The van der Waals surface area contributed by atoms with Crippen LogP contribution in [-0.2, 0) is 6.54 Å². The van der Waals surface area contributed by atoms with Gasteiger partial charge in [-0.2, -0.15) is 0 Å². The minimum absolute atomic E-state index is 0.197. The average Bonchev–Trinajstić information content (AvgIpc) is 2.37. The van der Waals surface area contributed by atoms with Gasteiger partial charge in [0, 0.05) is 30.7 Å². The van der Waals surface area contributed by atoms with Gasteiger partial charge in [0.1, 0.15) is 0 Å². The van der Waals surface area contributed by atoms with E-state index in [0.717, 1.165) is 37.5 Å². The molecule has 1 heterocycles. The molecule has 3 unspecified atom stereocenters. The van der Waals surface area contributed by atoms with E-state index in [1.54, 1.807) is 0 Å². The molecule has 2 rings (SSSR count). The summed E-state index contributed by atoms with van der Waals surface area (Å²) in [5.41, 5.74) is 7.42. The molecule has 0 aromatic heterocycles. The lowest BCUT2D eigenvalue weighted by molar-refractivity contribution is 0.0642. The molecule has 1 fully saturated rings. The van der Waals surface area contributed by atoms with Crippen LogP contribution in [0, 0.1) is 11.8 Å². The lowest BCUT2D eigenvalue weighted by atomic mass is 9.87. The Balaban J connectivity index is 1.94. The Labute approximate surface area is 133 Å². The van der Waals surface area contributed by atoms with E-state index in [0.29, 0.717) is 11.8 Å². The van der Waals surface area contributed by atoms with Crippen LogP contribution in [0.3, 0.4) is 0 Å². The molecule has 1 aromatic rings. The van der Waals surface area contributed by atoms with Crippen molar-refractivity contribution < 1.29 is 5.11 Å². The van der Waals surface area contributed by atoms with Crippen LogP contribution in [0.5, 0.6) is 0 Å². The van der Waals surface area contributed by atoms with Gasteiger partial charge in [-0.15, -0.1) is 0 Å². The van der Waals surface area contributed by atoms with Crippen molar-refractivity contribution in [3.63, 3.8) is 0 Å². The lowest BCUT2D eigenvalue weighted by Crippen LogP contribution is -2.47. The molecule has 118 valence electrons. The maximum atomic E-state index is 10.1. The number of hydrogen-bond donors (Lipinski definition) is 2. The minimum Gasteiger partial charge on any atom is -0.393 e. The van der Waals surface area contributed by atoms with E-state index in [4.69, 9.17) is 17.3 Å². The van der Waals surface area contributed by atoms with Gasteiger partial charge in [0.05, 0.1) is 6.10 Å². The Morgan fingerprint density at radius 3 is 2.81 bits per heavy atom. The fourth-order valence-corrected chi connectivity index (χ4v) is 3.37. The first-order valence-corrected chi connectivity index (χ1v) is 8.22. The van der Waals surface area contributed by atoms with Crippen molar-refractivity contribution in [1.82, 2.24) is 4.90 Å². The zero-order valence-corrected chi connectivity index (χ0v) is 13.8. The van der Waals surface area contributed by atoms with Crippen molar-refractivity contribution in [3.05, 3.63) is 34.9 Å². The van der Waals surface area contributed by atoms with Crippen molar-refractivity contribution >= 4 is 11.6 Å².